The maximum atomic E-state index is 5.32. The van der Waals surface area contributed by atoms with Crippen molar-refractivity contribution in [2.75, 3.05) is 33.7 Å². The van der Waals surface area contributed by atoms with E-state index in [1.165, 1.54) is 4.11 Å². The van der Waals surface area contributed by atoms with E-state index in [2.05, 4.69) is 41.6 Å². The molecule has 96 valence electrons. The Morgan fingerprint density at radius 1 is 1.12 bits per heavy atom. The van der Waals surface area contributed by atoms with E-state index < -0.39 is 8.07 Å². The molecule has 0 unspecified atom stereocenters. The number of hydrogen-bond donors (Lipinski definition) is 0. The minimum absolute atomic E-state index is 0.349. The zero-order valence-corrected chi connectivity index (χ0v) is 13.3. The summed E-state index contributed by atoms with van der Waals surface area (Å²) in [7, 11) is 0.483. The molecule has 3 nitrogen and oxygen atoms in total. The zero-order valence-electron chi connectivity index (χ0n) is 10.7. The Labute approximate surface area is 108 Å². The van der Waals surface area contributed by atoms with Crippen LogP contribution < -0.4 is 0 Å². The van der Waals surface area contributed by atoms with Gasteiger partial charge in [0.1, 0.15) is 6.79 Å². The third kappa shape index (κ3) is 9.54. The summed E-state index contributed by atoms with van der Waals surface area (Å²) in [5.74, 6) is 0. The number of rotatable bonds is 9. The molecule has 0 aliphatic carbocycles. The molecular weight excluding hydrogens is 288 g/mol. The summed E-state index contributed by atoms with van der Waals surface area (Å²) in [5, 5.41) is 0. The van der Waals surface area contributed by atoms with Crippen LogP contribution in [0.4, 0.5) is 0 Å². The lowest BCUT2D eigenvalue weighted by Crippen LogP contribution is -2.20. The van der Waals surface area contributed by atoms with Crippen LogP contribution in [0.15, 0.2) is 10.2 Å². The molecule has 0 aliphatic heterocycles. The first kappa shape index (κ1) is 16.3. The minimum atomic E-state index is -1.17. The van der Waals surface area contributed by atoms with Gasteiger partial charge in [0.2, 0.25) is 0 Å². The highest BCUT2D eigenvalue weighted by Gasteiger charge is 2.16. The second-order valence-corrected chi connectivity index (χ2v) is 11.1. The maximum Gasteiger partial charge on any atom is 0.146 e. The van der Waals surface area contributed by atoms with Gasteiger partial charge in [0.05, 0.1) is 27.9 Å². The zero-order chi connectivity index (χ0) is 12.4. The molecule has 0 heterocycles. The summed E-state index contributed by atoms with van der Waals surface area (Å²) in [4.78, 5) is 0. The second kappa shape index (κ2) is 9.36. The number of methoxy groups -OCH3 is 1. The van der Waals surface area contributed by atoms with Crippen LogP contribution in [0.3, 0.4) is 0 Å². The third-order valence-corrected chi connectivity index (χ3v) is 7.43. The van der Waals surface area contributed by atoms with Gasteiger partial charge in [-0.1, -0.05) is 41.6 Å². The van der Waals surface area contributed by atoms with Gasteiger partial charge in [-0.2, -0.15) is 0 Å². The van der Waals surface area contributed by atoms with Gasteiger partial charge in [0.25, 0.3) is 0 Å². The highest BCUT2D eigenvalue weighted by atomic mass is 79.9. The Morgan fingerprint density at radius 2 is 1.75 bits per heavy atom. The summed E-state index contributed by atoms with van der Waals surface area (Å²) in [6.07, 6.45) is 3.14. The van der Waals surface area contributed by atoms with Crippen LogP contribution in [-0.4, -0.2) is 41.8 Å². The fourth-order valence-corrected chi connectivity index (χ4v) is 1.88. The first-order valence-electron chi connectivity index (χ1n) is 5.49. The van der Waals surface area contributed by atoms with Gasteiger partial charge >= 0.3 is 0 Å². The minimum Gasteiger partial charge on any atom is -0.382 e. The van der Waals surface area contributed by atoms with Crippen molar-refractivity contribution in [1.82, 2.24) is 0 Å². The van der Waals surface area contributed by atoms with E-state index >= 15 is 0 Å². The van der Waals surface area contributed by atoms with Crippen molar-refractivity contribution in [3.8, 4) is 0 Å². The van der Waals surface area contributed by atoms with Crippen LogP contribution in [0.1, 0.15) is 6.42 Å². The molecule has 0 aromatic carbocycles. The molecule has 0 atom stereocenters. The maximum absolute atomic E-state index is 5.32. The number of ether oxygens (including phenoxy) is 3. The van der Waals surface area contributed by atoms with Crippen molar-refractivity contribution in [1.29, 1.82) is 0 Å². The van der Waals surface area contributed by atoms with Crippen molar-refractivity contribution in [3.05, 3.63) is 10.2 Å². The second-order valence-electron chi connectivity index (χ2n) is 4.52. The molecule has 0 aromatic heterocycles. The van der Waals surface area contributed by atoms with Crippen molar-refractivity contribution in [2.24, 2.45) is 0 Å². The predicted octanol–water partition coefficient (Wildman–Crippen LogP) is 3.17. The molecule has 0 spiro atoms. The topological polar surface area (TPSA) is 27.7 Å². The van der Waals surface area contributed by atoms with E-state index in [4.69, 9.17) is 14.2 Å². The van der Waals surface area contributed by atoms with Crippen molar-refractivity contribution >= 4 is 24.0 Å². The third-order valence-electron chi connectivity index (χ3n) is 1.90. The quantitative estimate of drug-likeness (QED) is 0.372. The summed E-state index contributed by atoms with van der Waals surface area (Å²) < 4.78 is 16.7. The van der Waals surface area contributed by atoms with Crippen molar-refractivity contribution < 1.29 is 14.2 Å². The summed E-state index contributed by atoms with van der Waals surface area (Å²) in [6, 6.07) is 0. The summed E-state index contributed by atoms with van der Waals surface area (Å²) in [5.41, 5.74) is 0. The lowest BCUT2D eigenvalue weighted by atomic mass is 10.5. The molecule has 0 saturated carbocycles. The Hall–Kier alpha value is 0.317. The van der Waals surface area contributed by atoms with Gasteiger partial charge in [-0.25, -0.2) is 0 Å². The van der Waals surface area contributed by atoms with Gasteiger partial charge in [-0.15, -0.1) is 0 Å². The Morgan fingerprint density at radius 3 is 2.31 bits per heavy atom. The average Bonchev–Trinajstić information content (AvgIpc) is 2.20. The highest BCUT2D eigenvalue weighted by Crippen LogP contribution is 2.20. The van der Waals surface area contributed by atoms with Crippen LogP contribution in [0, 0.1) is 0 Å². The van der Waals surface area contributed by atoms with Gasteiger partial charge in [-0.3, -0.25) is 0 Å². The van der Waals surface area contributed by atoms with Crippen LogP contribution in [0.5, 0.6) is 0 Å². The predicted molar refractivity (Wildman–Crippen MR) is 73.6 cm³/mol. The van der Waals surface area contributed by atoms with Crippen LogP contribution in [0.25, 0.3) is 0 Å². The molecule has 0 N–H and O–H groups in total. The first-order valence-corrected chi connectivity index (χ1v) is 9.78. The molecular formula is C11H23BrO3Si. The lowest BCUT2D eigenvalue weighted by molar-refractivity contribution is -0.0643. The molecule has 0 saturated heterocycles. The molecule has 0 fully saturated rings. The van der Waals surface area contributed by atoms with Gasteiger partial charge < -0.3 is 14.2 Å². The van der Waals surface area contributed by atoms with Gasteiger partial charge in [-0.05, 0) is 10.5 Å². The van der Waals surface area contributed by atoms with Crippen molar-refractivity contribution in [2.45, 2.75) is 26.1 Å². The average molecular weight is 311 g/mol. The smallest absolute Gasteiger partial charge is 0.146 e. The molecule has 16 heavy (non-hydrogen) atoms. The monoisotopic (exact) mass is 310 g/mol. The van der Waals surface area contributed by atoms with Crippen LogP contribution in [0.2, 0.25) is 19.6 Å². The van der Waals surface area contributed by atoms with E-state index in [-0.39, 0.29) is 0 Å². The molecule has 0 aromatic rings. The van der Waals surface area contributed by atoms with Crippen molar-refractivity contribution in [3.63, 3.8) is 0 Å². The van der Waals surface area contributed by atoms with E-state index in [1.807, 2.05) is 0 Å². The molecule has 0 rings (SSSR count). The van der Waals surface area contributed by atoms with Crippen LogP contribution in [-0.2, 0) is 14.2 Å². The Kier molecular flexibility index (Phi) is 9.54. The Balaban J connectivity index is 3.40. The van der Waals surface area contributed by atoms with E-state index in [9.17, 15) is 0 Å². The molecule has 0 amide bonds. The number of halogens is 1. The lowest BCUT2D eigenvalue weighted by Gasteiger charge is -2.14. The van der Waals surface area contributed by atoms with Gasteiger partial charge in [0, 0.05) is 7.11 Å². The SMILES string of the molecule is COCCOCOCC/C=C(/Br)[Si](C)(C)C. The fourth-order valence-electron chi connectivity index (χ4n) is 0.894. The summed E-state index contributed by atoms with van der Waals surface area (Å²) >= 11 is 3.62. The largest absolute Gasteiger partial charge is 0.382 e. The highest BCUT2D eigenvalue weighted by molar-refractivity contribution is 9.12. The van der Waals surface area contributed by atoms with E-state index in [0.717, 1.165) is 6.42 Å². The molecule has 5 heteroatoms. The van der Waals surface area contributed by atoms with Crippen LogP contribution >= 0.6 is 15.9 Å². The van der Waals surface area contributed by atoms with Gasteiger partial charge in [0.15, 0.2) is 0 Å². The first-order chi connectivity index (χ1) is 7.48. The fraction of sp³-hybridized carbons (Fsp3) is 0.818. The number of hydrogen-bond acceptors (Lipinski definition) is 3. The molecule has 0 radical (unpaired) electrons. The normalized spacial score (nSPS) is 13.2. The molecule has 0 aliphatic rings. The van der Waals surface area contributed by atoms with E-state index in [0.29, 0.717) is 26.6 Å². The Bertz CT molecular complexity index is 202. The standard InChI is InChI=1S/C11H23BrO3Si/c1-13-8-9-15-10-14-7-5-6-11(12)16(2,3)4/h6H,5,7-10H2,1-4H3/b11-6-. The van der Waals surface area contributed by atoms with E-state index in [1.54, 1.807) is 7.11 Å². The molecule has 0 bridgehead atoms. The summed E-state index contributed by atoms with van der Waals surface area (Å²) in [6.45, 7) is 9.18.